The smallest absolute Gasteiger partial charge is 0.274 e. The van der Waals surface area contributed by atoms with Crippen LogP contribution in [0.25, 0.3) is 4.96 Å². The molecule has 4 aromatic rings. The predicted molar refractivity (Wildman–Crippen MR) is 129 cm³/mol. The molecule has 0 atom stereocenters. The molecular formula is C24H22N4O4S. The molecule has 0 saturated heterocycles. The molecule has 0 saturated carbocycles. The summed E-state index contributed by atoms with van der Waals surface area (Å²) in [6.45, 7) is 1.99. The lowest BCUT2D eigenvalue weighted by atomic mass is 10.2. The number of nitrogens with one attached hydrogen (secondary N) is 2. The summed E-state index contributed by atoms with van der Waals surface area (Å²) in [5.74, 6) is -0.661. The number of methoxy groups -OCH3 is 1. The monoisotopic (exact) mass is 462 g/mol. The van der Waals surface area contributed by atoms with Crippen LogP contribution in [-0.4, -0.2) is 28.3 Å². The van der Waals surface area contributed by atoms with Gasteiger partial charge in [0, 0.05) is 17.4 Å². The van der Waals surface area contributed by atoms with Crippen molar-refractivity contribution in [2.75, 3.05) is 17.7 Å². The van der Waals surface area contributed by atoms with E-state index >= 15 is 0 Å². The van der Waals surface area contributed by atoms with Gasteiger partial charge in [-0.2, -0.15) is 0 Å². The molecule has 0 spiro atoms. The number of aromatic nitrogens is 2. The molecule has 9 heteroatoms. The van der Waals surface area contributed by atoms with Crippen LogP contribution in [0.4, 0.5) is 11.4 Å². The first-order valence-corrected chi connectivity index (χ1v) is 11.2. The first-order valence-electron chi connectivity index (χ1n) is 10.4. The van der Waals surface area contributed by atoms with Crippen LogP contribution in [0.15, 0.2) is 65.5 Å². The zero-order valence-electron chi connectivity index (χ0n) is 18.1. The molecule has 2 heterocycles. The maximum Gasteiger partial charge on any atom is 0.274 e. The fraction of sp³-hybridized carbons (Fsp3) is 0.167. The Morgan fingerprint density at radius 3 is 2.48 bits per heavy atom. The number of para-hydroxylation sites is 3. The molecule has 0 bridgehead atoms. The summed E-state index contributed by atoms with van der Waals surface area (Å²) in [4.78, 5) is 44.4. The molecule has 2 aromatic heterocycles. The summed E-state index contributed by atoms with van der Waals surface area (Å²) in [7, 11) is 1.49. The van der Waals surface area contributed by atoms with Gasteiger partial charge in [-0.25, -0.2) is 9.38 Å². The molecule has 0 aliphatic carbocycles. The maximum absolute atomic E-state index is 13.4. The van der Waals surface area contributed by atoms with Gasteiger partial charge in [0.2, 0.25) is 0 Å². The van der Waals surface area contributed by atoms with Gasteiger partial charge in [0.25, 0.3) is 17.4 Å². The van der Waals surface area contributed by atoms with E-state index in [0.29, 0.717) is 29.2 Å². The number of nitrogens with zero attached hydrogens (tertiary/aromatic N) is 2. The summed E-state index contributed by atoms with van der Waals surface area (Å²) >= 11 is 1.00. The van der Waals surface area contributed by atoms with E-state index in [4.69, 9.17) is 4.74 Å². The number of thiazole rings is 1. The number of aryl methyl sites for hydroxylation is 1. The van der Waals surface area contributed by atoms with Gasteiger partial charge in [0.1, 0.15) is 16.3 Å². The molecule has 0 radical (unpaired) electrons. The fourth-order valence-electron chi connectivity index (χ4n) is 3.40. The highest BCUT2D eigenvalue weighted by atomic mass is 32.1. The number of carbonyl (C=O) groups excluding carboxylic acids is 2. The van der Waals surface area contributed by atoms with Crippen LogP contribution >= 0.6 is 11.3 Å². The van der Waals surface area contributed by atoms with E-state index in [1.54, 1.807) is 48.5 Å². The molecule has 2 amide bonds. The summed E-state index contributed by atoms with van der Waals surface area (Å²) in [5.41, 5.74) is 1.12. The Labute approximate surface area is 193 Å². The maximum atomic E-state index is 13.4. The third-order valence-electron chi connectivity index (χ3n) is 4.89. The Bertz CT molecular complexity index is 1380. The zero-order chi connectivity index (χ0) is 23.4. The summed E-state index contributed by atoms with van der Waals surface area (Å²) in [5, 5.41) is 5.54. The van der Waals surface area contributed by atoms with Gasteiger partial charge in [-0.15, -0.1) is 0 Å². The van der Waals surface area contributed by atoms with Gasteiger partial charge in [0.05, 0.1) is 12.8 Å². The quantitative estimate of drug-likeness (QED) is 0.428. The summed E-state index contributed by atoms with van der Waals surface area (Å²) < 4.78 is 6.49. The highest BCUT2D eigenvalue weighted by Crippen LogP contribution is 2.27. The lowest BCUT2D eigenvalue weighted by Gasteiger charge is -2.11. The minimum Gasteiger partial charge on any atom is -0.495 e. The van der Waals surface area contributed by atoms with Crippen LogP contribution in [0.5, 0.6) is 5.75 Å². The Balaban J connectivity index is 1.82. The van der Waals surface area contributed by atoms with E-state index in [-0.39, 0.29) is 15.5 Å². The Kier molecular flexibility index (Phi) is 6.50. The number of benzene rings is 2. The number of anilines is 2. The summed E-state index contributed by atoms with van der Waals surface area (Å²) in [6, 6.07) is 17.2. The number of ether oxygens (including phenoxy) is 1. The van der Waals surface area contributed by atoms with Crippen molar-refractivity contribution >= 4 is 39.5 Å². The number of carbonyl (C=O) groups is 2. The second-order valence-electron chi connectivity index (χ2n) is 7.21. The van der Waals surface area contributed by atoms with Gasteiger partial charge >= 0.3 is 0 Å². The number of hydrogen-bond acceptors (Lipinski definition) is 6. The number of amides is 2. The van der Waals surface area contributed by atoms with Crippen molar-refractivity contribution < 1.29 is 14.3 Å². The molecule has 0 fully saturated rings. The van der Waals surface area contributed by atoms with Crippen LogP contribution in [0, 0.1) is 0 Å². The lowest BCUT2D eigenvalue weighted by molar-refractivity contribution is 0.0989. The second-order valence-corrected chi connectivity index (χ2v) is 8.19. The first-order chi connectivity index (χ1) is 16.0. The highest BCUT2D eigenvalue weighted by molar-refractivity contribution is 7.19. The number of rotatable bonds is 7. The van der Waals surface area contributed by atoms with E-state index in [2.05, 4.69) is 15.6 Å². The Morgan fingerprint density at radius 2 is 1.76 bits per heavy atom. The largest absolute Gasteiger partial charge is 0.495 e. The Morgan fingerprint density at radius 1 is 1.03 bits per heavy atom. The predicted octanol–water partition coefficient (Wildman–Crippen LogP) is 4.22. The molecule has 168 valence electrons. The standard InChI is InChI=1S/C24H22N4O4S/c1-3-9-16-14-19(29)28-20(22(30)27-17-12-7-8-13-18(17)32-2)21(33-24(28)26-16)23(31)25-15-10-5-4-6-11-15/h4-8,10-14H,3,9H2,1-2H3,(H,25,31)(H,27,30). The molecule has 4 rings (SSSR count). The van der Waals surface area contributed by atoms with Crippen LogP contribution in [0.2, 0.25) is 0 Å². The Hall–Kier alpha value is -3.98. The van der Waals surface area contributed by atoms with Crippen LogP contribution in [0.3, 0.4) is 0 Å². The van der Waals surface area contributed by atoms with Gasteiger partial charge in [-0.05, 0) is 30.7 Å². The van der Waals surface area contributed by atoms with Crippen molar-refractivity contribution in [3.05, 3.63) is 87.3 Å². The number of fused-ring (bicyclic) bond motifs is 1. The van der Waals surface area contributed by atoms with Crippen LogP contribution in [-0.2, 0) is 6.42 Å². The zero-order valence-corrected chi connectivity index (χ0v) is 18.9. The van der Waals surface area contributed by atoms with Crippen molar-refractivity contribution in [1.29, 1.82) is 0 Å². The third-order valence-corrected chi connectivity index (χ3v) is 5.93. The highest BCUT2D eigenvalue weighted by Gasteiger charge is 2.27. The van der Waals surface area contributed by atoms with E-state index in [9.17, 15) is 14.4 Å². The van der Waals surface area contributed by atoms with E-state index < -0.39 is 17.4 Å². The van der Waals surface area contributed by atoms with Crippen molar-refractivity contribution in [2.45, 2.75) is 19.8 Å². The summed E-state index contributed by atoms with van der Waals surface area (Å²) in [6.07, 6.45) is 1.44. The van der Waals surface area contributed by atoms with Crippen molar-refractivity contribution in [3.63, 3.8) is 0 Å². The average Bonchev–Trinajstić information content (AvgIpc) is 3.21. The van der Waals surface area contributed by atoms with Gasteiger partial charge < -0.3 is 15.4 Å². The van der Waals surface area contributed by atoms with Crippen molar-refractivity contribution in [3.8, 4) is 5.75 Å². The molecule has 2 N–H and O–H groups in total. The SMILES string of the molecule is CCCc1cc(=O)n2c(C(=O)Nc3ccccc3OC)c(C(=O)Nc3ccccc3)sc2n1. The molecule has 2 aromatic carbocycles. The molecule has 0 aliphatic rings. The van der Waals surface area contributed by atoms with E-state index in [1.165, 1.54) is 17.6 Å². The van der Waals surface area contributed by atoms with Crippen molar-refractivity contribution in [2.24, 2.45) is 0 Å². The molecule has 0 aliphatic heterocycles. The van der Waals surface area contributed by atoms with Gasteiger partial charge in [-0.1, -0.05) is 55.0 Å². The van der Waals surface area contributed by atoms with E-state index in [0.717, 1.165) is 17.8 Å². The number of hydrogen-bond donors (Lipinski definition) is 2. The minimum atomic E-state index is -0.615. The topological polar surface area (TPSA) is 102 Å². The third kappa shape index (κ3) is 4.63. The average molecular weight is 463 g/mol. The molecular weight excluding hydrogens is 440 g/mol. The normalized spacial score (nSPS) is 10.7. The lowest BCUT2D eigenvalue weighted by Crippen LogP contribution is -2.25. The van der Waals surface area contributed by atoms with Gasteiger partial charge in [0.15, 0.2) is 4.96 Å². The van der Waals surface area contributed by atoms with Crippen LogP contribution < -0.4 is 20.9 Å². The minimum absolute atomic E-state index is 0.0742. The van der Waals surface area contributed by atoms with Gasteiger partial charge in [-0.3, -0.25) is 14.4 Å². The first kappa shape index (κ1) is 22.2. The molecule has 33 heavy (non-hydrogen) atoms. The van der Waals surface area contributed by atoms with E-state index in [1.807, 2.05) is 13.0 Å². The second kappa shape index (κ2) is 9.66. The van der Waals surface area contributed by atoms with Crippen molar-refractivity contribution in [1.82, 2.24) is 9.38 Å². The fourth-order valence-corrected chi connectivity index (χ4v) is 4.45. The molecule has 0 unspecified atom stereocenters. The molecule has 8 nitrogen and oxygen atoms in total. The van der Waals surface area contributed by atoms with Crippen LogP contribution in [0.1, 0.15) is 39.2 Å².